The van der Waals surface area contributed by atoms with Crippen molar-refractivity contribution < 1.29 is 9.47 Å². The molecule has 0 unspecified atom stereocenters. The van der Waals surface area contributed by atoms with E-state index in [1.165, 1.54) is 22.1 Å². The van der Waals surface area contributed by atoms with Gasteiger partial charge in [-0.1, -0.05) is 157 Å². The summed E-state index contributed by atoms with van der Waals surface area (Å²) < 4.78 is 13.5. The zero-order valence-corrected chi connectivity index (χ0v) is 25.0. The lowest BCUT2D eigenvalue weighted by Gasteiger charge is -2.34. The first-order valence-corrected chi connectivity index (χ1v) is 15.7. The maximum atomic E-state index is 6.94. The van der Waals surface area contributed by atoms with Crippen LogP contribution in [0.5, 0.6) is 23.0 Å². The third kappa shape index (κ3) is 4.28. The Labute approximate surface area is 269 Å². The van der Waals surface area contributed by atoms with E-state index in [9.17, 15) is 0 Å². The van der Waals surface area contributed by atoms with Crippen LogP contribution in [-0.2, 0) is 0 Å². The summed E-state index contributed by atoms with van der Waals surface area (Å²) in [5.41, 5.74) is 11.2. The summed E-state index contributed by atoms with van der Waals surface area (Å²) >= 11 is 0. The molecule has 7 aromatic rings. The quantitative estimate of drug-likeness (QED) is 0.249. The molecule has 6 aromatic carbocycles. The van der Waals surface area contributed by atoms with E-state index in [4.69, 9.17) is 14.5 Å². The van der Waals surface area contributed by atoms with Gasteiger partial charge in [0.15, 0.2) is 0 Å². The van der Waals surface area contributed by atoms with Crippen molar-refractivity contribution in [1.29, 1.82) is 0 Å². The van der Waals surface area contributed by atoms with Gasteiger partial charge in [-0.3, -0.25) is 4.98 Å². The molecular formula is C41H27B2NO2. The highest BCUT2D eigenvalue weighted by Crippen LogP contribution is 2.33. The van der Waals surface area contributed by atoms with E-state index in [1.54, 1.807) is 0 Å². The molecule has 5 heteroatoms. The Morgan fingerprint density at radius 2 is 0.935 bits per heavy atom. The number of ether oxygens (including phenoxy) is 2. The molecule has 0 spiro atoms. The number of nitrogens with zero attached hydrogens (tertiary/aromatic N) is 1. The highest BCUT2D eigenvalue weighted by atomic mass is 16.5. The van der Waals surface area contributed by atoms with Gasteiger partial charge < -0.3 is 9.47 Å². The summed E-state index contributed by atoms with van der Waals surface area (Å²) in [6.45, 7) is -0.271. The predicted octanol–water partition coefficient (Wildman–Crippen LogP) is 5.66. The molecule has 3 heterocycles. The molecule has 9 rings (SSSR count). The SMILES string of the molecule is c1ccc(B2c3ccccc3Oc3cnc4c(c32)Oc2ccccc2B4c2c(-c3ccccc3)cccc2-c2ccccc2)cc1. The standard InChI is InChI=1S/C41H27B2NO2/c1-4-15-28(16-5-1)31-21-14-22-32(29-17-6-2-7-18-29)38(31)43-34-24-11-13-26-36(34)46-40-39-37(27-44-41(40)43)45-35-25-12-10-23-33(35)42(39)30-19-8-3-9-20-30/h1-27H. The number of pyridine rings is 1. The topological polar surface area (TPSA) is 31.4 Å². The fraction of sp³-hybridized carbons (Fsp3) is 0. The second-order valence-electron chi connectivity index (χ2n) is 11.8. The minimum absolute atomic E-state index is 0.0817. The average molecular weight is 587 g/mol. The molecule has 0 aliphatic carbocycles. The number of fused-ring (bicyclic) bond motifs is 5. The summed E-state index contributed by atoms with van der Waals surface area (Å²) in [6, 6.07) is 55.3. The fourth-order valence-electron chi connectivity index (χ4n) is 7.23. The summed E-state index contributed by atoms with van der Waals surface area (Å²) in [5, 5.41) is 0. The van der Waals surface area contributed by atoms with Crippen molar-refractivity contribution in [3.05, 3.63) is 164 Å². The number of hydrogen-bond donors (Lipinski definition) is 0. The second-order valence-corrected chi connectivity index (χ2v) is 11.8. The third-order valence-corrected chi connectivity index (χ3v) is 9.21. The van der Waals surface area contributed by atoms with Crippen LogP contribution in [0.2, 0.25) is 0 Å². The number of aromatic nitrogens is 1. The van der Waals surface area contributed by atoms with E-state index in [0.717, 1.165) is 56.1 Å². The summed E-state index contributed by atoms with van der Waals surface area (Å²) in [5.74, 6) is 3.18. The zero-order chi connectivity index (χ0) is 30.5. The highest BCUT2D eigenvalue weighted by Gasteiger charge is 2.43. The Hall–Kier alpha value is -5.80. The van der Waals surface area contributed by atoms with Crippen LogP contribution in [0.15, 0.2) is 164 Å². The minimum atomic E-state index is -0.189. The molecule has 3 nitrogen and oxygen atoms in total. The van der Waals surface area contributed by atoms with Gasteiger partial charge in [-0.15, -0.1) is 0 Å². The molecule has 0 radical (unpaired) electrons. The lowest BCUT2D eigenvalue weighted by atomic mass is 9.32. The molecular weight excluding hydrogens is 560 g/mol. The minimum Gasteiger partial charge on any atom is -0.457 e. The monoisotopic (exact) mass is 587 g/mol. The highest BCUT2D eigenvalue weighted by molar-refractivity contribution is 7.00. The maximum absolute atomic E-state index is 6.94. The lowest BCUT2D eigenvalue weighted by molar-refractivity contribution is 0.465. The van der Waals surface area contributed by atoms with Gasteiger partial charge in [-0.05, 0) is 45.3 Å². The number of hydrogen-bond acceptors (Lipinski definition) is 3. The van der Waals surface area contributed by atoms with Crippen molar-refractivity contribution in [1.82, 2.24) is 4.98 Å². The molecule has 0 atom stereocenters. The van der Waals surface area contributed by atoms with Crippen LogP contribution < -0.4 is 42.4 Å². The van der Waals surface area contributed by atoms with E-state index in [0.29, 0.717) is 0 Å². The largest absolute Gasteiger partial charge is 0.457 e. The molecule has 214 valence electrons. The van der Waals surface area contributed by atoms with Crippen molar-refractivity contribution in [3.63, 3.8) is 0 Å². The summed E-state index contributed by atoms with van der Waals surface area (Å²) in [4.78, 5) is 5.21. The zero-order valence-electron chi connectivity index (χ0n) is 25.0. The van der Waals surface area contributed by atoms with Gasteiger partial charge in [0.1, 0.15) is 23.0 Å². The van der Waals surface area contributed by atoms with Gasteiger partial charge in [0.25, 0.3) is 13.4 Å². The van der Waals surface area contributed by atoms with E-state index in [-0.39, 0.29) is 13.4 Å². The molecule has 0 bridgehead atoms. The normalized spacial score (nSPS) is 12.6. The first kappa shape index (κ1) is 26.6. The number of para-hydroxylation sites is 2. The van der Waals surface area contributed by atoms with Crippen LogP contribution in [0.4, 0.5) is 0 Å². The van der Waals surface area contributed by atoms with E-state index >= 15 is 0 Å². The van der Waals surface area contributed by atoms with Gasteiger partial charge in [-0.2, -0.15) is 0 Å². The van der Waals surface area contributed by atoms with Gasteiger partial charge >= 0.3 is 0 Å². The van der Waals surface area contributed by atoms with Crippen molar-refractivity contribution in [2.45, 2.75) is 0 Å². The van der Waals surface area contributed by atoms with Crippen LogP contribution >= 0.6 is 0 Å². The van der Waals surface area contributed by atoms with Gasteiger partial charge in [-0.25, -0.2) is 0 Å². The molecule has 0 saturated heterocycles. The maximum Gasteiger partial charge on any atom is 0.275 e. The van der Waals surface area contributed by atoms with Crippen LogP contribution in [0.25, 0.3) is 22.3 Å². The molecule has 0 N–H and O–H groups in total. The molecule has 2 aliphatic rings. The van der Waals surface area contributed by atoms with Crippen LogP contribution in [0.1, 0.15) is 0 Å². The third-order valence-electron chi connectivity index (χ3n) is 9.21. The summed E-state index contributed by atoms with van der Waals surface area (Å²) in [6.07, 6.45) is 1.90. The Balaban J connectivity index is 1.36. The smallest absolute Gasteiger partial charge is 0.275 e. The van der Waals surface area contributed by atoms with E-state index < -0.39 is 0 Å². The van der Waals surface area contributed by atoms with Gasteiger partial charge in [0.2, 0.25) is 0 Å². The summed E-state index contributed by atoms with van der Waals surface area (Å²) in [7, 11) is 0. The second kappa shape index (κ2) is 11.0. The van der Waals surface area contributed by atoms with Crippen LogP contribution in [0.3, 0.4) is 0 Å². The van der Waals surface area contributed by atoms with Gasteiger partial charge in [0, 0.05) is 5.46 Å². The Kier molecular flexibility index (Phi) is 6.34. The van der Waals surface area contributed by atoms with Crippen LogP contribution in [0, 0.1) is 0 Å². The molecule has 46 heavy (non-hydrogen) atoms. The van der Waals surface area contributed by atoms with Gasteiger partial charge in [0.05, 0.1) is 11.8 Å². The van der Waals surface area contributed by atoms with Crippen molar-refractivity contribution >= 4 is 46.3 Å². The molecule has 0 saturated carbocycles. The number of benzene rings is 6. The van der Waals surface area contributed by atoms with Crippen molar-refractivity contribution in [2.75, 3.05) is 0 Å². The predicted molar refractivity (Wildman–Crippen MR) is 190 cm³/mol. The molecule has 1 aromatic heterocycles. The van der Waals surface area contributed by atoms with E-state index in [2.05, 4.69) is 140 Å². The van der Waals surface area contributed by atoms with Crippen LogP contribution in [-0.4, -0.2) is 18.4 Å². The molecule has 2 aliphatic heterocycles. The Morgan fingerprint density at radius 1 is 0.413 bits per heavy atom. The first-order chi connectivity index (χ1) is 22.8. The Morgan fingerprint density at radius 3 is 1.57 bits per heavy atom. The fourth-order valence-corrected chi connectivity index (χ4v) is 7.23. The number of rotatable bonds is 4. The lowest BCUT2D eigenvalue weighted by Crippen LogP contribution is -2.61. The van der Waals surface area contributed by atoms with E-state index in [1.807, 2.05) is 24.4 Å². The molecule has 0 fully saturated rings. The molecule has 0 amide bonds. The van der Waals surface area contributed by atoms with Crippen molar-refractivity contribution in [2.24, 2.45) is 0 Å². The van der Waals surface area contributed by atoms with Crippen molar-refractivity contribution in [3.8, 4) is 45.3 Å². The first-order valence-electron chi connectivity index (χ1n) is 15.7. The average Bonchev–Trinajstić information content (AvgIpc) is 3.13. The Bertz CT molecular complexity index is 2160.